The Morgan fingerprint density at radius 1 is 0.358 bits per heavy atom. The van der Waals surface area contributed by atoms with Crippen molar-refractivity contribution in [2.45, 2.75) is 265 Å². The maximum atomic E-state index is 12.5. The van der Waals surface area contributed by atoms with Crippen LogP contribution in [0.3, 0.4) is 0 Å². The monoisotopic (exact) mass is 751 g/mol. The number of carbonyl (C=O) groups excluding carboxylic acids is 3. The second-order valence-electron chi connectivity index (χ2n) is 16.5. The van der Waals surface area contributed by atoms with Crippen molar-refractivity contribution in [3.8, 4) is 0 Å². The number of rotatable bonds is 42. The van der Waals surface area contributed by atoms with Crippen molar-refractivity contribution in [1.82, 2.24) is 0 Å². The van der Waals surface area contributed by atoms with Gasteiger partial charge in [0, 0.05) is 19.3 Å². The van der Waals surface area contributed by atoms with E-state index in [0.29, 0.717) is 19.3 Å². The highest BCUT2D eigenvalue weighted by molar-refractivity contribution is 5.71. The molecule has 0 N–H and O–H groups in total. The molecule has 0 aromatic rings. The number of ether oxygens (including phenoxy) is 3. The normalized spacial score (nSPS) is 11.9. The van der Waals surface area contributed by atoms with Gasteiger partial charge in [-0.2, -0.15) is 0 Å². The molecule has 0 bridgehead atoms. The van der Waals surface area contributed by atoms with Gasteiger partial charge in [-0.15, -0.1) is 0 Å². The number of unbranched alkanes of at least 4 members (excludes halogenated alkanes) is 29. The van der Waals surface area contributed by atoms with Gasteiger partial charge in [-0.1, -0.05) is 220 Å². The Hall–Kier alpha value is -1.59. The van der Waals surface area contributed by atoms with Crippen molar-refractivity contribution in [2.24, 2.45) is 5.92 Å². The standard InChI is InChI=1S/C47H90O6/c1-5-7-9-11-12-23-27-31-34-38-45(48)51-41-44(53-47(50)40-36-29-10-8-6-2)42-52-46(49)39-35-32-28-25-22-20-18-16-14-13-15-17-19-21-24-26-30-33-37-43(3)4/h43-44H,5-42H2,1-4H3/t44-/m0/s1. The topological polar surface area (TPSA) is 78.9 Å². The lowest BCUT2D eigenvalue weighted by molar-refractivity contribution is -0.167. The minimum Gasteiger partial charge on any atom is -0.462 e. The van der Waals surface area contributed by atoms with Gasteiger partial charge < -0.3 is 14.2 Å². The van der Waals surface area contributed by atoms with Crippen LogP contribution in [-0.4, -0.2) is 37.2 Å². The predicted octanol–water partition coefficient (Wildman–Crippen LogP) is 14.7. The molecule has 0 fully saturated rings. The molecule has 0 saturated carbocycles. The lowest BCUT2D eigenvalue weighted by atomic mass is 10.0. The summed E-state index contributed by atoms with van der Waals surface area (Å²) in [6.07, 6.45) is 41.3. The van der Waals surface area contributed by atoms with Crippen molar-refractivity contribution < 1.29 is 28.6 Å². The van der Waals surface area contributed by atoms with E-state index in [1.54, 1.807) is 0 Å². The highest BCUT2D eigenvalue weighted by Crippen LogP contribution is 2.17. The Labute approximate surface area is 329 Å². The summed E-state index contributed by atoms with van der Waals surface area (Å²) >= 11 is 0. The lowest BCUT2D eigenvalue weighted by Gasteiger charge is -2.18. The van der Waals surface area contributed by atoms with Crippen LogP contribution in [0.1, 0.15) is 259 Å². The first-order valence-corrected chi connectivity index (χ1v) is 23.4. The van der Waals surface area contributed by atoms with Crippen LogP contribution in [0.5, 0.6) is 0 Å². The van der Waals surface area contributed by atoms with Crippen LogP contribution >= 0.6 is 0 Å². The van der Waals surface area contributed by atoms with E-state index in [0.717, 1.165) is 70.1 Å². The molecule has 0 aliphatic rings. The maximum absolute atomic E-state index is 12.5. The minimum atomic E-state index is -0.756. The molecule has 0 aromatic carbocycles. The SMILES string of the molecule is CCCCCCCCCCCC(=O)OC[C@@H](COC(=O)CCCCCCCCCCCCCCCCCCCCC(C)C)OC(=O)CCCCCCC. The fraction of sp³-hybridized carbons (Fsp3) is 0.936. The van der Waals surface area contributed by atoms with Crippen molar-refractivity contribution in [2.75, 3.05) is 13.2 Å². The highest BCUT2D eigenvalue weighted by Gasteiger charge is 2.19. The van der Waals surface area contributed by atoms with Gasteiger partial charge >= 0.3 is 17.9 Å². The van der Waals surface area contributed by atoms with Gasteiger partial charge in [0.2, 0.25) is 0 Å². The minimum absolute atomic E-state index is 0.0651. The van der Waals surface area contributed by atoms with Gasteiger partial charge in [-0.3, -0.25) is 14.4 Å². The molecule has 0 radical (unpaired) electrons. The molecular weight excluding hydrogens is 661 g/mol. The zero-order valence-electron chi connectivity index (χ0n) is 36.0. The first-order valence-electron chi connectivity index (χ1n) is 23.4. The zero-order chi connectivity index (χ0) is 38.9. The largest absolute Gasteiger partial charge is 0.462 e. The fourth-order valence-corrected chi connectivity index (χ4v) is 6.98. The third-order valence-electron chi connectivity index (χ3n) is 10.5. The quantitative estimate of drug-likeness (QED) is 0.0351. The summed E-state index contributed by atoms with van der Waals surface area (Å²) < 4.78 is 16.6. The van der Waals surface area contributed by atoms with E-state index in [1.165, 1.54) is 148 Å². The van der Waals surface area contributed by atoms with Crippen LogP contribution in [0.25, 0.3) is 0 Å². The molecular formula is C47H90O6. The molecule has 6 nitrogen and oxygen atoms in total. The summed E-state index contributed by atoms with van der Waals surface area (Å²) in [5.74, 6) is -0.0116. The van der Waals surface area contributed by atoms with E-state index in [1.807, 2.05) is 0 Å². The fourth-order valence-electron chi connectivity index (χ4n) is 6.98. The number of carbonyl (C=O) groups is 3. The molecule has 0 amide bonds. The number of hydrogen-bond acceptors (Lipinski definition) is 6. The summed E-state index contributed by atoms with van der Waals surface area (Å²) in [4.78, 5) is 37.4. The molecule has 0 rings (SSSR count). The molecule has 0 aromatic heterocycles. The second-order valence-corrected chi connectivity index (χ2v) is 16.5. The van der Waals surface area contributed by atoms with Gasteiger partial charge in [0.25, 0.3) is 0 Å². The van der Waals surface area contributed by atoms with Crippen LogP contribution < -0.4 is 0 Å². The van der Waals surface area contributed by atoms with E-state index < -0.39 is 6.10 Å². The molecule has 0 heterocycles. The summed E-state index contributed by atoms with van der Waals surface area (Å²) in [6, 6.07) is 0. The van der Waals surface area contributed by atoms with Crippen LogP contribution in [-0.2, 0) is 28.6 Å². The molecule has 1 atom stereocenters. The third-order valence-corrected chi connectivity index (χ3v) is 10.5. The van der Waals surface area contributed by atoms with Crippen molar-refractivity contribution in [3.05, 3.63) is 0 Å². The van der Waals surface area contributed by atoms with Gasteiger partial charge in [-0.25, -0.2) is 0 Å². The van der Waals surface area contributed by atoms with E-state index >= 15 is 0 Å². The molecule has 53 heavy (non-hydrogen) atoms. The Balaban J connectivity index is 4.00. The molecule has 0 spiro atoms. The second kappa shape index (κ2) is 41.6. The van der Waals surface area contributed by atoms with E-state index in [2.05, 4.69) is 27.7 Å². The van der Waals surface area contributed by atoms with Gasteiger partial charge in [0.1, 0.15) is 13.2 Å². The summed E-state index contributed by atoms with van der Waals surface area (Å²) in [6.45, 7) is 8.92. The first-order chi connectivity index (χ1) is 25.9. The Morgan fingerprint density at radius 3 is 0.925 bits per heavy atom. The zero-order valence-corrected chi connectivity index (χ0v) is 36.0. The van der Waals surface area contributed by atoms with Crippen LogP contribution in [0, 0.1) is 5.92 Å². The Kier molecular flexibility index (Phi) is 40.3. The van der Waals surface area contributed by atoms with Gasteiger partial charge in [0.05, 0.1) is 0 Å². The van der Waals surface area contributed by atoms with Crippen LogP contribution in [0.15, 0.2) is 0 Å². The van der Waals surface area contributed by atoms with E-state index in [4.69, 9.17) is 14.2 Å². The summed E-state index contributed by atoms with van der Waals surface area (Å²) in [7, 11) is 0. The molecule has 314 valence electrons. The predicted molar refractivity (Wildman–Crippen MR) is 224 cm³/mol. The van der Waals surface area contributed by atoms with Crippen LogP contribution in [0.4, 0.5) is 0 Å². The molecule has 0 aliphatic carbocycles. The maximum Gasteiger partial charge on any atom is 0.306 e. The third kappa shape index (κ3) is 41.4. The lowest BCUT2D eigenvalue weighted by Crippen LogP contribution is -2.30. The molecule has 0 unspecified atom stereocenters. The highest BCUT2D eigenvalue weighted by atomic mass is 16.6. The molecule has 6 heteroatoms. The number of esters is 3. The Morgan fingerprint density at radius 2 is 0.623 bits per heavy atom. The summed E-state index contributed by atoms with van der Waals surface area (Å²) in [5.41, 5.74) is 0. The van der Waals surface area contributed by atoms with Crippen molar-refractivity contribution >= 4 is 17.9 Å². The van der Waals surface area contributed by atoms with Crippen molar-refractivity contribution in [3.63, 3.8) is 0 Å². The van der Waals surface area contributed by atoms with Crippen LogP contribution in [0.2, 0.25) is 0 Å². The van der Waals surface area contributed by atoms with E-state index in [-0.39, 0.29) is 31.1 Å². The smallest absolute Gasteiger partial charge is 0.306 e. The molecule has 0 aliphatic heterocycles. The average molecular weight is 751 g/mol. The van der Waals surface area contributed by atoms with Gasteiger partial charge in [-0.05, 0) is 25.2 Å². The van der Waals surface area contributed by atoms with Gasteiger partial charge in [0.15, 0.2) is 6.10 Å². The van der Waals surface area contributed by atoms with Crippen molar-refractivity contribution in [1.29, 1.82) is 0 Å². The first kappa shape index (κ1) is 51.4. The number of hydrogen-bond donors (Lipinski definition) is 0. The van der Waals surface area contributed by atoms with E-state index in [9.17, 15) is 14.4 Å². The summed E-state index contributed by atoms with van der Waals surface area (Å²) in [5, 5.41) is 0. The Bertz CT molecular complexity index is 796. The molecule has 0 saturated heterocycles. The average Bonchev–Trinajstić information content (AvgIpc) is 3.14.